The fraction of sp³-hybridized carbons (Fsp3) is 0.412. The number of methoxy groups -OCH3 is 3. The first-order valence-electron chi connectivity index (χ1n) is 14.8. The lowest BCUT2D eigenvalue weighted by Gasteiger charge is -2.41. The third-order valence-electron chi connectivity index (χ3n) is 9.50. The van der Waals surface area contributed by atoms with Crippen molar-refractivity contribution in [2.45, 2.75) is 36.5 Å². The summed E-state index contributed by atoms with van der Waals surface area (Å²) in [6.45, 7) is 3.40. The smallest absolute Gasteiger partial charge is 0.254 e. The fourth-order valence-electron chi connectivity index (χ4n) is 6.81. The molecule has 3 aromatic rings. The molecule has 10 heteroatoms. The number of likely N-dealkylation sites (tertiary alicyclic amines) is 2. The summed E-state index contributed by atoms with van der Waals surface area (Å²) < 4.78 is 16.4. The number of carbonyl (C=O) groups is 2. The predicted molar refractivity (Wildman–Crippen MR) is 172 cm³/mol. The lowest BCUT2D eigenvalue weighted by molar-refractivity contribution is -0.125. The molecule has 3 aromatic carbocycles. The molecule has 0 spiro atoms. The number of benzene rings is 3. The van der Waals surface area contributed by atoms with Gasteiger partial charge in [0.2, 0.25) is 11.7 Å². The van der Waals surface area contributed by atoms with Gasteiger partial charge in [0.15, 0.2) is 11.5 Å². The van der Waals surface area contributed by atoms with Gasteiger partial charge in [-0.3, -0.25) is 9.59 Å². The average molecular weight is 641 g/mol. The fourth-order valence-corrected chi connectivity index (χ4v) is 7.11. The maximum absolute atomic E-state index is 13.9. The molecule has 0 aromatic heterocycles. The number of halogens is 2. The van der Waals surface area contributed by atoms with Crippen LogP contribution in [0.4, 0.5) is 0 Å². The standard InChI is InChI=1S/C34H39Cl2N3O5/c1-42-28-19-23(20-29(43-2)30(28)44-3)31(40)39-18-12-33(22-39,25-9-10-26(35)27(36)21-25)11-15-38-16-13-34(14-17-38,32(37)41)24-7-5-4-6-8-24/h4-10,19-21H,11-18,22H2,1-3H3,(H2,37,41). The van der Waals surface area contributed by atoms with Crippen LogP contribution in [0.5, 0.6) is 17.2 Å². The van der Waals surface area contributed by atoms with Crippen molar-refractivity contribution in [2.24, 2.45) is 5.73 Å². The Kier molecular flexibility index (Phi) is 9.63. The van der Waals surface area contributed by atoms with Gasteiger partial charge in [0.1, 0.15) is 0 Å². The molecule has 2 fully saturated rings. The molecule has 2 heterocycles. The molecule has 2 aliphatic rings. The molecule has 2 aliphatic heterocycles. The first kappa shape index (κ1) is 31.9. The van der Waals surface area contributed by atoms with E-state index in [0.717, 1.165) is 43.6 Å². The number of piperidine rings is 1. The number of hydrogen-bond donors (Lipinski definition) is 1. The minimum atomic E-state index is -0.657. The van der Waals surface area contributed by atoms with E-state index in [0.29, 0.717) is 58.8 Å². The maximum Gasteiger partial charge on any atom is 0.254 e. The largest absolute Gasteiger partial charge is 0.493 e. The lowest BCUT2D eigenvalue weighted by atomic mass is 9.71. The van der Waals surface area contributed by atoms with Gasteiger partial charge in [-0.1, -0.05) is 59.6 Å². The molecule has 1 unspecified atom stereocenters. The summed E-state index contributed by atoms with van der Waals surface area (Å²) in [6.07, 6.45) is 2.90. The molecule has 0 radical (unpaired) electrons. The summed E-state index contributed by atoms with van der Waals surface area (Å²) >= 11 is 12.8. The van der Waals surface area contributed by atoms with E-state index in [1.54, 1.807) is 12.1 Å². The summed E-state index contributed by atoms with van der Waals surface area (Å²) in [5.41, 5.74) is 7.49. The van der Waals surface area contributed by atoms with Crippen molar-refractivity contribution in [3.8, 4) is 17.2 Å². The lowest BCUT2D eigenvalue weighted by Crippen LogP contribution is -2.50. The summed E-state index contributed by atoms with van der Waals surface area (Å²) in [6, 6.07) is 19.0. The highest BCUT2D eigenvalue weighted by Crippen LogP contribution is 2.43. The highest BCUT2D eigenvalue weighted by molar-refractivity contribution is 6.42. The third-order valence-corrected chi connectivity index (χ3v) is 10.2. The average Bonchev–Trinajstić information content (AvgIpc) is 3.50. The molecule has 44 heavy (non-hydrogen) atoms. The molecular formula is C34H39Cl2N3O5. The molecular weight excluding hydrogens is 601 g/mol. The maximum atomic E-state index is 13.9. The second kappa shape index (κ2) is 13.3. The van der Waals surface area contributed by atoms with Crippen LogP contribution in [0.25, 0.3) is 0 Å². The van der Waals surface area contributed by atoms with Gasteiger partial charge in [0.25, 0.3) is 5.91 Å². The Morgan fingerprint density at radius 3 is 2.05 bits per heavy atom. The normalized spacial score (nSPS) is 19.9. The second-order valence-corrected chi connectivity index (χ2v) is 12.5. The van der Waals surface area contributed by atoms with E-state index < -0.39 is 5.41 Å². The van der Waals surface area contributed by atoms with Crippen molar-refractivity contribution >= 4 is 35.0 Å². The molecule has 234 valence electrons. The highest BCUT2D eigenvalue weighted by atomic mass is 35.5. The monoisotopic (exact) mass is 639 g/mol. The Morgan fingerprint density at radius 2 is 1.48 bits per heavy atom. The number of nitrogens with two attached hydrogens (primary N) is 1. The SMILES string of the molecule is COc1cc(C(=O)N2CCC(CCN3CCC(C(N)=O)(c4ccccc4)CC3)(c3ccc(Cl)c(Cl)c3)C2)cc(OC)c1OC. The zero-order chi connectivity index (χ0) is 31.5. The Bertz CT molecular complexity index is 1480. The predicted octanol–water partition coefficient (Wildman–Crippen LogP) is 5.71. The van der Waals surface area contributed by atoms with E-state index in [-0.39, 0.29) is 17.2 Å². The van der Waals surface area contributed by atoms with Crippen LogP contribution >= 0.6 is 23.2 Å². The van der Waals surface area contributed by atoms with E-state index in [4.69, 9.17) is 43.1 Å². The number of nitrogens with zero attached hydrogens (tertiary/aromatic N) is 2. The topological polar surface area (TPSA) is 94.3 Å². The molecule has 5 rings (SSSR count). The van der Waals surface area contributed by atoms with E-state index in [1.807, 2.05) is 53.4 Å². The zero-order valence-corrected chi connectivity index (χ0v) is 26.9. The van der Waals surface area contributed by atoms with Crippen molar-refractivity contribution in [3.63, 3.8) is 0 Å². The first-order chi connectivity index (χ1) is 21.2. The van der Waals surface area contributed by atoms with Gasteiger partial charge >= 0.3 is 0 Å². The van der Waals surface area contributed by atoms with Crippen LogP contribution < -0.4 is 19.9 Å². The van der Waals surface area contributed by atoms with Crippen LogP contribution in [-0.2, 0) is 15.6 Å². The number of ether oxygens (including phenoxy) is 3. The van der Waals surface area contributed by atoms with Crippen LogP contribution in [0, 0.1) is 0 Å². The summed E-state index contributed by atoms with van der Waals surface area (Å²) in [5.74, 6) is 0.911. The third kappa shape index (κ3) is 6.08. The Labute approximate surface area is 269 Å². The quantitative estimate of drug-likeness (QED) is 0.305. The van der Waals surface area contributed by atoms with Gasteiger partial charge < -0.3 is 29.7 Å². The Hall–Kier alpha value is -3.46. The number of rotatable bonds is 10. The summed E-state index contributed by atoms with van der Waals surface area (Å²) in [4.78, 5) is 30.8. The Balaban J connectivity index is 1.36. The van der Waals surface area contributed by atoms with Crippen molar-refractivity contribution in [1.82, 2.24) is 9.80 Å². The van der Waals surface area contributed by atoms with Gasteiger partial charge in [-0.05, 0) is 80.7 Å². The second-order valence-electron chi connectivity index (χ2n) is 11.7. The Morgan fingerprint density at radius 1 is 0.818 bits per heavy atom. The summed E-state index contributed by atoms with van der Waals surface area (Å²) in [5, 5.41) is 0.985. The van der Waals surface area contributed by atoms with Crippen molar-refractivity contribution in [2.75, 3.05) is 54.1 Å². The zero-order valence-electron chi connectivity index (χ0n) is 25.4. The van der Waals surface area contributed by atoms with Gasteiger partial charge in [0.05, 0.1) is 36.8 Å². The van der Waals surface area contributed by atoms with Gasteiger partial charge in [-0.2, -0.15) is 0 Å². The molecule has 0 saturated carbocycles. The highest BCUT2D eigenvalue weighted by Gasteiger charge is 2.44. The van der Waals surface area contributed by atoms with Crippen LogP contribution in [-0.4, -0.2) is 75.7 Å². The molecule has 0 bridgehead atoms. The van der Waals surface area contributed by atoms with E-state index >= 15 is 0 Å². The molecule has 2 amide bonds. The van der Waals surface area contributed by atoms with Crippen LogP contribution in [0.15, 0.2) is 60.7 Å². The van der Waals surface area contributed by atoms with Gasteiger partial charge in [-0.15, -0.1) is 0 Å². The number of primary amides is 1. The number of amides is 2. The molecule has 2 N–H and O–H groups in total. The van der Waals surface area contributed by atoms with Gasteiger partial charge in [-0.25, -0.2) is 0 Å². The van der Waals surface area contributed by atoms with Crippen LogP contribution in [0.1, 0.15) is 47.2 Å². The van der Waals surface area contributed by atoms with Crippen molar-refractivity contribution in [1.29, 1.82) is 0 Å². The summed E-state index contributed by atoms with van der Waals surface area (Å²) in [7, 11) is 4.60. The van der Waals surface area contributed by atoms with E-state index in [1.165, 1.54) is 21.3 Å². The van der Waals surface area contributed by atoms with Crippen LogP contribution in [0.2, 0.25) is 10.0 Å². The minimum Gasteiger partial charge on any atom is -0.493 e. The number of hydrogen-bond acceptors (Lipinski definition) is 6. The minimum absolute atomic E-state index is 0.113. The van der Waals surface area contributed by atoms with Gasteiger partial charge in [0, 0.05) is 24.1 Å². The van der Waals surface area contributed by atoms with Crippen molar-refractivity contribution < 1.29 is 23.8 Å². The van der Waals surface area contributed by atoms with Crippen LogP contribution in [0.3, 0.4) is 0 Å². The molecule has 2 saturated heterocycles. The molecule has 0 aliphatic carbocycles. The first-order valence-corrected chi connectivity index (χ1v) is 15.5. The van der Waals surface area contributed by atoms with E-state index in [9.17, 15) is 9.59 Å². The molecule has 8 nitrogen and oxygen atoms in total. The molecule has 1 atom stereocenters. The van der Waals surface area contributed by atoms with E-state index in [2.05, 4.69) is 4.90 Å². The number of carbonyl (C=O) groups excluding carboxylic acids is 2. The van der Waals surface area contributed by atoms with Crippen molar-refractivity contribution in [3.05, 3.63) is 87.4 Å².